The highest BCUT2D eigenvalue weighted by molar-refractivity contribution is 6.09. The second-order valence-corrected chi connectivity index (χ2v) is 14.2. The molecule has 0 unspecified atom stereocenters. The fourth-order valence-corrected chi connectivity index (χ4v) is 8.37. The number of rotatable bonds is 6. The van der Waals surface area contributed by atoms with Crippen molar-refractivity contribution in [3.05, 3.63) is 206 Å². The van der Waals surface area contributed by atoms with E-state index in [1.165, 1.54) is 43.7 Å². The molecule has 2 heterocycles. The van der Waals surface area contributed by atoms with E-state index in [0.29, 0.717) is 0 Å². The molecule has 0 saturated carbocycles. The van der Waals surface area contributed by atoms with Gasteiger partial charge in [-0.2, -0.15) is 0 Å². The third-order valence-corrected chi connectivity index (χ3v) is 11.0. The van der Waals surface area contributed by atoms with Crippen molar-refractivity contribution in [2.24, 2.45) is 0 Å². The Kier molecular flexibility index (Phi) is 7.17. The zero-order valence-electron chi connectivity index (χ0n) is 29.9. The third-order valence-electron chi connectivity index (χ3n) is 11.0. The number of fused-ring (bicyclic) bond motifs is 7. The van der Waals surface area contributed by atoms with Gasteiger partial charge >= 0.3 is 0 Å². The molecule has 0 bridgehead atoms. The van der Waals surface area contributed by atoms with Crippen LogP contribution >= 0.6 is 0 Å². The smallest absolute Gasteiger partial charge is 0.135 e. The monoisotopic (exact) mass is 702 g/mol. The van der Waals surface area contributed by atoms with Crippen molar-refractivity contribution in [2.75, 3.05) is 4.90 Å². The summed E-state index contributed by atoms with van der Waals surface area (Å²) in [6.07, 6.45) is 0. The number of anilines is 3. The van der Waals surface area contributed by atoms with Gasteiger partial charge in [0.1, 0.15) is 11.2 Å². The molecule has 0 aliphatic rings. The van der Waals surface area contributed by atoms with Gasteiger partial charge in [-0.25, -0.2) is 0 Å². The van der Waals surface area contributed by atoms with Crippen LogP contribution in [-0.4, -0.2) is 4.57 Å². The van der Waals surface area contributed by atoms with Gasteiger partial charge in [0.25, 0.3) is 0 Å². The Hall–Kier alpha value is -7.36. The first kappa shape index (κ1) is 31.2. The Morgan fingerprint density at radius 1 is 0.345 bits per heavy atom. The molecule has 0 aliphatic heterocycles. The fraction of sp³-hybridized carbons (Fsp3) is 0. The van der Waals surface area contributed by atoms with Gasteiger partial charge in [-0.3, -0.25) is 0 Å². The minimum Gasteiger partial charge on any atom is -0.456 e. The van der Waals surface area contributed by atoms with Crippen LogP contribution in [0.2, 0.25) is 0 Å². The summed E-state index contributed by atoms with van der Waals surface area (Å²) in [5, 5.41) is 7.29. The van der Waals surface area contributed by atoms with Gasteiger partial charge in [-0.1, -0.05) is 127 Å². The van der Waals surface area contributed by atoms with Crippen LogP contribution < -0.4 is 4.90 Å². The molecule has 0 spiro atoms. The van der Waals surface area contributed by atoms with E-state index in [4.69, 9.17) is 4.42 Å². The maximum absolute atomic E-state index is 6.12. The van der Waals surface area contributed by atoms with Crippen molar-refractivity contribution >= 4 is 71.6 Å². The van der Waals surface area contributed by atoms with E-state index >= 15 is 0 Å². The number of nitrogens with zero attached hydrogens (tertiary/aromatic N) is 2. The molecule has 2 aromatic heterocycles. The maximum Gasteiger partial charge on any atom is 0.135 e. The number of benzene rings is 9. The quantitative estimate of drug-likeness (QED) is 0.172. The second kappa shape index (κ2) is 12.6. The van der Waals surface area contributed by atoms with Gasteiger partial charge < -0.3 is 13.9 Å². The van der Waals surface area contributed by atoms with E-state index in [0.717, 1.165) is 55.8 Å². The van der Waals surface area contributed by atoms with Crippen LogP contribution in [0, 0.1) is 0 Å². The van der Waals surface area contributed by atoms with Crippen LogP contribution in [0.4, 0.5) is 17.1 Å². The lowest BCUT2D eigenvalue weighted by Gasteiger charge is -2.26. The normalized spacial score (nSPS) is 11.6. The summed E-state index contributed by atoms with van der Waals surface area (Å²) in [6.45, 7) is 0. The van der Waals surface area contributed by atoms with Crippen molar-refractivity contribution in [3.8, 4) is 27.9 Å². The van der Waals surface area contributed by atoms with E-state index in [-0.39, 0.29) is 0 Å². The first-order chi connectivity index (χ1) is 27.3. The van der Waals surface area contributed by atoms with Gasteiger partial charge in [0.2, 0.25) is 0 Å². The van der Waals surface area contributed by atoms with Crippen LogP contribution in [-0.2, 0) is 0 Å². The molecule has 0 saturated heterocycles. The van der Waals surface area contributed by atoms with Crippen molar-refractivity contribution < 1.29 is 4.42 Å². The van der Waals surface area contributed by atoms with Crippen molar-refractivity contribution in [1.82, 2.24) is 4.57 Å². The maximum atomic E-state index is 6.12. The van der Waals surface area contributed by atoms with Crippen LogP contribution in [0.3, 0.4) is 0 Å². The Labute approximate surface area is 318 Å². The summed E-state index contributed by atoms with van der Waals surface area (Å²) in [4.78, 5) is 2.35. The summed E-state index contributed by atoms with van der Waals surface area (Å²) < 4.78 is 8.48. The van der Waals surface area contributed by atoms with Crippen molar-refractivity contribution in [3.63, 3.8) is 0 Å². The molecule has 11 rings (SSSR count). The summed E-state index contributed by atoms with van der Waals surface area (Å²) in [5.74, 6) is 0. The topological polar surface area (TPSA) is 21.3 Å². The third kappa shape index (κ3) is 5.20. The number of para-hydroxylation sites is 3. The number of aromatic nitrogens is 1. The molecular weight excluding hydrogens is 669 g/mol. The van der Waals surface area contributed by atoms with Gasteiger partial charge in [-0.15, -0.1) is 0 Å². The molecule has 0 amide bonds. The SMILES string of the molecule is c1ccc2c(-c3ccc(N(c4ccc(-c5ccc6oc7ccccc7c6c5)cc4)c4ccc(-n5c6ccccc6c6ccccc65)cc4)cc3)cccc2c1. The summed E-state index contributed by atoms with van der Waals surface area (Å²) >= 11 is 0. The lowest BCUT2D eigenvalue weighted by Crippen LogP contribution is -2.10. The fourth-order valence-electron chi connectivity index (χ4n) is 8.37. The minimum atomic E-state index is 0.907. The molecule has 11 aromatic rings. The summed E-state index contributed by atoms with van der Waals surface area (Å²) in [7, 11) is 0. The van der Waals surface area contributed by atoms with Crippen LogP contribution in [0.1, 0.15) is 0 Å². The zero-order valence-corrected chi connectivity index (χ0v) is 29.9. The lowest BCUT2D eigenvalue weighted by molar-refractivity contribution is 0.669. The molecule has 3 heteroatoms. The molecule has 0 radical (unpaired) electrons. The molecule has 3 nitrogen and oxygen atoms in total. The molecule has 0 aliphatic carbocycles. The minimum absolute atomic E-state index is 0.907. The van der Waals surface area contributed by atoms with Crippen LogP contribution in [0.25, 0.3) is 82.5 Å². The van der Waals surface area contributed by atoms with Gasteiger partial charge in [0.15, 0.2) is 0 Å². The molecule has 0 atom stereocenters. The molecule has 0 fully saturated rings. The van der Waals surface area contributed by atoms with Crippen LogP contribution in [0.5, 0.6) is 0 Å². The van der Waals surface area contributed by atoms with Crippen molar-refractivity contribution in [1.29, 1.82) is 0 Å². The van der Waals surface area contributed by atoms with Gasteiger partial charge in [0, 0.05) is 44.3 Å². The Bertz CT molecular complexity index is 3130. The lowest BCUT2D eigenvalue weighted by atomic mass is 9.98. The first-order valence-corrected chi connectivity index (χ1v) is 18.8. The Morgan fingerprint density at radius 3 is 1.55 bits per heavy atom. The van der Waals surface area contributed by atoms with E-state index < -0.39 is 0 Å². The number of hydrogen-bond donors (Lipinski definition) is 0. The molecule has 258 valence electrons. The second-order valence-electron chi connectivity index (χ2n) is 14.2. The standard InChI is InChI=1S/C52H34N2O/c1-2-12-43-36(10-1)11-9-16-44(43)37-22-27-40(28-23-37)53(39-25-20-35(21-26-39)38-24-33-52-48(34-38)47-15-5-8-19-51(47)55-52)41-29-31-42(32-30-41)54-49-17-6-3-13-45(49)46-14-4-7-18-50(46)54/h1-34H. The van der Waals surface area contributed by atoms with E-state index in [2.05, 4.69) is 204 Å². The predicted molar refractivity (Wildman–Crippen MR) is 231 cm³/mol. The number of hydrogen-bond acceptors (Lipinski definition) is 2. The molecule has 0 N–H and O–H groups in total. The first-order valence-electron chi connectivity index (χ1n) is 18.8. The Morgan fingerprint density at radius 2 is 0.855 bits per heavy atom. The van der Waals surface area contributed by atoms with Gasteiger partial charge in [0.05, 0.1) is 11.0 Å². The average Bonchev–Trinajstić information content (AvgIpc) is 3.80. The highest BCUT2D eigenvalue weighted by Crippen LogP contribution is 2.40. The molecular formula is C52H34N2O. The highest BCUT2D eigenvalue weighted by Gasteiger charge is 2.17. The Balaban J connectivity index is 1.01. The summed E-state index contributed by atoms with van der Waals surface area (Å²) in [5.41, 5.74) is 13.4. The van der Waals surface area contributed by atoms with E-state index in [9.17, 15) is 0 Å². The highest BCUT2D eigenvalue weighted by atomic mass is 16.3. The van der Waals surface area contributed by atoms with Crippen LogP contribution in [0.15, 0.2) is 211 Å². The summed E-state index contributed by atoms with van der Waals surface area (Å²) in [6, 6.07) is 74.0. The van der Waals surface area contributed by atoms with E-state index in [1.807, 2.05) is 12.1 Å². The average molecular weight is 703 g/mol. The predicted octanol–water partition coefficient (Wildman–Crippen LogP) is 14.6. The number of furan rings is 1. The van der Waals surface area contributed by atoms with Crippen molar-refractivity contribution in [2.45, 2.75) is 0 Å². The largest absolute Gasteiger partial charge is 0.456 e. The molecule has 55 heavy (non-hydrogen) atoms. The zero-order chi connectivity index (χ0) is 36.3. The van der Waals surface area contributed by atoms with E-state index in [1.54, 1.807) is 0 Å². The molecule has 9 aromatic carbocycles. The van der Waals surface area contributed by atoms with Gasteiger partial charge in [-0.05, 0) is 112 Å².